The van der Waals surface area contributed by atoms with Crippen LogP contribution in [0.2, 0.25) is 0 Å². The fraction of sp³-hybridized carbons (Fsp3) is 0.800. The minimum absolute atomic E-state index is 0.209. The highest BCUT2D eigenvalue weighted by molar-refractivity contribution is 5.13. The van der Waals surface area contributed by atoms with Crippen molar-refractivity contribution in [1.29, 1.82) is 0 Å². The van der Waals surface area contributed by atoms with Crippen LogP contribution in [0.4, 0.5) is 0 Å². The molecular weight excluding hydrogens is 196 g/mol. The Kier molecular flexibility index (Phi) is 6.52. The third-order valence-corrected chi connectivity index (χ3v) is 3.36. The Labute approximate surface area is 100 Å². The molecule has 1 fully saturated rings. The molecule has 1 saturated carbocycles. The molecule has 1 N–H and O–H groups in total. The average molecular weight is 222 g/mol. The molecule has 0 saturated heterocycles. The van der Waals surface area contributed by atoms with E-state index in [4.69, 9.17) is 0 Å². The lowest BCUT2D eigenvalue weighted by atomic mass is 9.92. The van der Waals surface area contributed by atoms with Gasteiger partial charge in [0, 0.05) is 5.57 Å². The largest absolute Gasteiger partial charge is 0.388 e. The van der Waals surface area contributed by atoms with E-state index in [9.17, 15) is 5.11 Å². The molecule has 16 heavy (non-hydrogen) atoms. The molecule has 92 valence electrons. The van der Waals surface area contributed by atoms with Crippen molar-refractivity contribution < 1.29 is 5.11 Å². The van der Waals surface area contributed by atoms with Crippen molar-refractivity contribution in [3.05, 3.63) is 16.9 Å². The van der Waals surface area contributed by atoms with Crippen molar-refractivity contribution in [3.63, 3.8) is 0 Å². The Bertz CT molecular complexity index is 259. The number of aliphatic hydroxyl groups excluding tert-OH is 1. The van der Waals surface area contributed by atoms with Gasteiger partial charge in [-0.3, -0.25) is 0 Å². The topological polar surface area (TPSA) is 20.2 Å². The van der Waals surface area contributed by atoms with E-state index in [2.05, 4.69) is 19.6 Å². The number of hydrogen-bond donors (Lipinski definition) is 1. The van der Waals surface area contributed by atoms with E-state index in [0.29, 0.717) is 0 Å². The van der Waals surface area contributed by atoms with Gasteiger partial charge in [0.2, 0.25) is 0 Å². The molecule has 1 nitrogen and oxygen atoms in total. The molecule has 0 aliphatic heterocycles. The van der Waals surface area contributed by atoms with Crippen LogP contribution in [0.25, 0.3) is 0 Å². The molecule has 0 aromatic carbocycles. The Hall–Kier alpha value is -0.520. The molecule has 1 rings (SSSR count). The lowest BCUT2D eigenvalue weighted by molar-refractivity contribution is 0.179. The minimum Gasteiger partial charge on any atom is -0.388 e. The van der Waals surface area contributed by atoms with Gasteiger partial charge in [0.05, 0.1) is 6.10 Å². The highest BCUT2D eigenvalue weighted by Gasteiger charge is 2.15. The maximum absolute atomic E-state index is 9.81. The van der Waals surface area contributed by atoms with Gasteiger partial charge >= 0.3 is 0 Å². The molecular formula is C15H26O. The van der Waals surface area contributed by atoms with E-state index >= 15 is 0 Å². The predicted molar refractivity (Wildman–Crippen MR) is 69.4 cm³/mol. The van der Waals surface area contributed by atoms with Crippen molar-refractivity contribution >= 4 is 0 Å². The number of aliphatic hydroxyl groups is 1. The van der Waals surface area contributed by atoms with Gasteiger partial charge in [-0.25, -0.2) is 0 Å². The highest BCUT2D eigenvalue weighted by atomic mass is 16.3. The maximum Gasteiger partial charge on any atom is 0.0823 e. The van der Waals surface area contributed by atoms with Crippen LogP contribution in [0.1, 0.15) is 71.6 Å². The van der Waals surface area contributed by atoms with E-state index < -0.39 is 0 Å². The van der Waals surface area contributed by atoms with Gasteiger partial charge in [-0.15, -0.1) is 5.73 Å². The first-order valence-electron chi connectivity index (χ1n) is 6.87. The van der Waals surface area contributed by atoms with Crippen molar-refractivity contribution in [2.24, 2.45) is 0 Å². The van der Waals surface area contributed by atoms with Gasteiger partial charge in [0.1, 0.15) is 0 Å². The van der Waals surface area contributed by atoms with Crippen LogP contribution in [0.15, 0.2) is 16.9 Å². The van der Waals surface area contributed by atoms with Crippen molar-refractivity contribution in [2.75, 3.05) is 0 Å². The first-order chi connectivity index (χ1) is 7.74. The van der Waals surface area contributed by atoms with Gasteiger partial charge < -0.3 is 5.11 Å². The fourth-order valence-electron chi connectivity index (χ4n) is 2.29. The quantitative estimate of drug-likeness (QED) is 0.541. The van der Waals surface area contributed by atoms with Crippen molar-refractivity contribution in [1.82, 2.24) is 0 Å². The number of unbranched alkanes of at least 4 members (excludes halogenated alkanes) is 3. The van der Waals surface area contributed by atoms with Crippen LogP contribution >= 0.6 is 0 Å². The second-order valence-electron chi connectivity index (χ2n) is 5.00. The summed E-state index contributed by atoms with van der Waals surface area (Å²) >= 11 is 0. The first-order valence-corrected chi connectivity index (χ1v) is 6.87. The zero-order valence-electron chi connectivity index (χ0n) is 10.9. The first kappa shape index (κ1) is 13.5. The Morgan fingerprint density at radius 1 is 1.31 bits per heavy atom. The van der Waals surface area contributed by atoms with Crippen LogP contribution in [-0.2, 0) is 0 Å². The van der Waals surface area contributed by atoms with Crippen molar-refractivity contribution in [3.8, 4) is 0 Å². The predicted octanol–water partition coefficient (Wildman–Crippen LogP) is 4.36. The lowest BCUT2D eigenvalue weighted by Gasteiger charge is -2.18. The summed E-state index contributed by atoms with van der Waals surface area (Å²) in [5, 5.41) is 9.81. The highest BCUT2D eigenvalue weighted by Crippen LogP contribution is 2.23. The monoisotopic (exact) mass is 222 g/mol. The summed E-state index contributed by atoms with van der Waals surface area (Å²) < 4.78 is 0. The zero-order chi connectivity index (χ0) is 11.8. The molecule has 1 atom stereocenters. The van der Waals surface area contributed by atoms with Crippen LogP contribution in [0.5, 0.6) is 0 Å². The summed E-state index contributed by atoms with van der Waals surface area (Å²) in [5.41, 5.74) is 5.91. The third kappa shape index (κ3) is 5.01. The fourth-order valence-corrected chi connectivity index (χ4v) is 2.29. The maximum atomic E-state index is 9.81. The van der Waals surface area contributed by atoms with Gasteiger partial charge in [-0.1, -0.05) is 32.6 Å². The summed E-state index contributed by atoms with van der Waals surface area (Å²) in [6.07, 6.45) is 10.6. The molecule has 1 unspecified atom stereocenters. The van der Waals surface area contributed by atoms with Crippen LogP contribution in [0.3, 0.4) is 0 Å². The molecule has 0 heterocycles. The summed E-state index contributed by atoms with van der Waals surface area (Å²) in [6.45, 7) is 4.39. The summed E-state index contributed by atoms with van der Waals surface area (Å²) in [7, 11) is 0. The van der Waals surface area contributed by atoms with E-state index in [0.717, 1.165) is 24.8 Å². The third-order valence-electron chi connectivity index (χ3n) is 3.36. The standard InChI is InChI=1S/C15H26O/c1-3-4-5-6-9-13(2)12-14-10-7-8-11-15(14)16/h15-16H,3-11H2,1-2H3. The molecule has 0 aromatic heterocycles. The summed E-state index contributed by atoms with van der Waals surface area (Å²) in [4.78, 5) is 0. The second-order valence-corrected chi connectivity index (χ2v) is 5.00. The smallest absolute Gasteiger partial charge is 0.0823 e. The molecule has 1 heteroatoms. The summed E-state index contributed by atoms with van der Waals surface area (Å²) in [5.74, 6) is 0. The Balaban J connectivity index is 2.42. The van der Waals surface area contributed by atoms with Gasteiger partial charge in [-0.2, -0.15) is 0 Å². The molecule has 0 spiro atoms. The van der Waals surface area contributed by atoms with Crippen LogP contribution in [-0.4, -0.2) is 11.2 Å². The number of rotatable bonds is 5. The van der Waals surface area contributed by atoms with E-state index in [-0.39, 0.29) is 6.10 Å². The summed E-state index contributed by atoms with van der Waals surface area (Å²) in [6, 6.07) is 0. The normalized spacial score (nSPS) is 20.7. The van der Waals surface area contributed by atoms with Crippen LogP contribution < -0.4 is 0 Å². The van der Waals surface area contributed by atoms with E-state index in [1.54, 1.807) is 0 Å². The van der Waals surface area contributed by atoms with E-state index in [1.165, 1.54) is 44.1 Å². The zero-order valence-corrected chi connectivity index (χ0v) is 10.9. The Morgan fingerprint density at radius 2 is 2.12 bits per heavy atom. The van der Waals surface area contributed by atoms with Gasteiger partial charge in [0.15, 0.2) is 0 Å². The molecule has 1 aliphatic rings. The molecule has 0 radical (unpaired) electrons. The molecule has 0 aromatic rings. The van der Waals surface area contributed by atoms with Gasteiger partial charge in [-0.05, 0) is 44.6 Å². The second kappa shape index (κ2) is 7.70. The Morgan fingerprint density at radius 3 is 2.81 bits per heavy atom. The minimum atomic E-state index is -0.209. The SMILES string of the molecule is CCCCCCC(C)=C=C1CCCCC1O. The average Bonchev–Trinajstić information content (AvgIpc) is 2.28. The van der Waals surface area contributed by atoms with Gasteiger partial charge in [0.25, 0.3) is 0 Å². The molecule has 0 bridgehead atoms. The number of hydrogen-bond acceptors (Lipinski definition) is 1. The lowest BCUT2D eigenvalue weighted by Crippen LogP contribution is -2.14. The van der Waals surface area contributed by atoms with Crippen LogP contribution in [0, 0.1) is 0 Å². The molecule has 1 aliphatic carbocycles. The van der Waals surface area contributed by atoms with Crippen molar-refractivity contribution in [2.45, 2.75) is 77.7 Å². The van der Waals surface area contributed by atoms with E-state index in [1.807, 2.05) is 0 Å². The molecule has 0 amide bonds.